The van der Waals surface area contributed by atoms with Gasteiger partial charge in [0.2, 0.25) is 0 Å². The average Bonchev–Trinajstić information content (AvgIpc) is 2.61. The molecule has 0 saturated heterocycles. The van der Waals surface area contributed by atoms with E-state index in [1.165, 1.54) is 7.11 Å². The predicted octanol–water partition coefficient (Wildman–Crippen LogP) is -0.104. The van der Waals surface area contributed by atoms with Crippen molar-refractivity contribution in [2.24, 2.45) is 12.8 Å². The van der Waals surface area contributed by atoms with E-state index in [9.17, 15) is 4.79 Å². The zero-order chi connectivity index (χ0) is 11.3. The lowest BCUT2D eigenvalue weighted by Gasteiger charge is -2.08. The summed E-state index contributed by atoms with van der Waals surface area (Å²) in [6.07, 6.45) is 2.83. The molecule has 1 unspecified atom stereocenters. The molecular formula is C10H17N3O2. The first-order chi connectivity index (χ1) is 7.15. The molecule has 0 aliphatic heterocycles. The smallest absolute Gasteiger partial charge is 0.152 e. The molecule has 1 heterocycles. The van der Waals surface area contributed by atoms with Gasteiger partial charge in [-0.2, -0.15) is 5.10 Å². The molecule has 1 rings (SSSR count). The van der Waals surface area contributed by atoms with E-state index in [0.717, 1.165) is 5.69 Å². The van der Waals surface area contributed by atoms with Crippen LogP contribution < -0.4 is 5.73 Å². The fourth-order valence-corrected chi connectivity index (χ4v) is 1.36. The van der Waals surface area contributed by atoms with Crippen LogP contribution in [0, 0.1) is 0 Å². The summed E-state index contributed by atoms with van der Waals surface area (Å²) in [5.74, 6) is 0.0260. The number of ether oxygens (including phenoxy) is 1. The first-order valence-corrected chi connectivity index (χ1v) is 4.89. The van der Waals surface area contributed by atoms with Crippen molar-refractivity contribution in [2.45, 2.75) is 18.9 Å². The van der Waals surface area contributed by atoms with E-state index in [2.05, 4.69) is 5.10 Å². The molecule has 0 aliphatic rings. The van der Waals surface area contributed by atoms with Crippen molar-refractivity contribution in [1.29, 1.82) is 0 Å². The van der Waals surface area contributed by atoms with Crippen molar-refractivity contribution in [2.75, 3.05) is 13.7 Å². The topological polar surface area (TPSA) is 70.1 Å². The standard InChI is InChI=1S/C10H17N3O2/c1-13-8(5-6-12-13)3-4-10(14)9(11)7-15-2/h5-6,9H,3-4,7,11H2,1-2H3. The van der Waals surface area contributed by atoms with Gasteiger partial charge in [0.05, 0.1) is 12.6 Å². The van der Waals surface area contributed by atoms with E-state index >= 15 is 0 Å². The Labute approximate surface area is 89.2 Å². The minimum absolute atomic E-state index is 0.0260. The molecule has 5 heteroatoms. The molecule has 0 aliphatic carbocycles. The molecule has 1 atom stereocenters. The van der Waals surface area contributed by atoms with Crippen molar-refractivity contribution in [3.63, 3.8) is 0 Å². The molecule has 0 aromatic carbocycles. The van der Waals surface area contributed by atoms with Gasteiger partial charge < -0.3 is 10.5 Å². The summed E-state index contributed by atoms with van der Waals surface area (Å²) in [5, 5.41) is 4.03. The highest BCUT2D eigenvalue weighted by Gasteiger charge is 2.13. The van der Waals surface area contributed by atoms with Crippen LogP contribution in [0.4, 0.5) is 0 Å². The van der Waals surface area contributed by atoms with Crippen molar-refractivity contribution in [1.82, 2.24) is 9.78 Å². The van der Waals surface area contributed by atoms with Gasteiger partial charge >= 0.3 is 0 Å². The van der Waals surface area contributed by atoms with Crippen molar-refractivity contribution >= 4 is 5.78 Å². The Hall–Kier alpha value is -1.20. The SMILES string of the molecule is COCC(N)C(=O)CCc1ccnn1C. The lowest BCUT2D eigenvalue weighted by atomic mass is 10.1. The molecule has 0 saturated carbocycles. The first-order valence-electron chi connectivity index (χ1n) is 4.89. The minimum Gasteiger partial charge on any atom is -0.383 e. The molecule has 0 amide bonds. The Bertz CT molecular complexity index is 322. The van der Waals surface area contributed by atoms with Crippen LogP contribution in [0.25, 0.3) is 0 Å². The molecule has 0 bridgehead atoms. The second-order valence-electron chi connectivity index (χ2n) is 3.47. The summed E-state index contributed by atoms with van der Waals surface area (Å²) in [6.45, 7) is 0.282. The lowest BCUT2D eigenvalue weighted by molar-refractivity contribution is -0.121. The predicted molar refractivity (Wildman–Crippen MR) is 56.4 cm³/mol. The molecule has 0 spiro atoms. The van der Waals surface area contributed by atoms with Crippen molar-refractivity contribution < 1.29 is 9.53 Å². The van der Waals surface area contributed by atoms with E-state index in [4.69, 9.17) is 10.5 Å². The van der Waals surface area contributed by atoms with E-state index in [1.54, 1.807) is 10.9 Å². The number of aromatic nitrogens is 2. The number of nitrogens with two attached hydrogens (primary N) is 1. The Balaban J connectivity index is 2.37. The molecule has 2 N–H and O–H groups in total. The maximum atomic E-state index is 11.5. The van der Waals surface area contributed by atoms with Gasteiger partial charge in [0.1, 0.15) is 0 Å². The molecular weight excluding hydrogens is 194 g/mol. The van der Waals surface area contributed by atoms with Gasteiger partial charge in [-0.3, -0.25) is 9.48 Å². The molecule has 15 heavy (non-hydrogen) atoms. The average molecular weight is 211 g/mol. The van der Waals surface area contributed by atoms with Crippen molar-refractivity contribution in [3.05, 3.63) is 18.0 Å². The van der Waals surface area contributed by atoms with Gasteiger partial charge in [-0.25, -0.2) is 0 Å². The number of carbonyl (C=O) groups is 1. The van der Waals surface area contributed by atoms with E-state index in [-0.39, 0.29) is 12.4 Å². The van der Waals surface area contributed by atoms with Crippen LogP contribution in [0.3, 0.4) is 0 Å². The van der Waals surface area contributed by atoms with Gasteiger partial charge in [-0.05, 0) is 12.5 Å². The second-order valence-corrected chi connectivity index (χ2v) is 3.47. The van der Waals surface area contributed by atoms with Gasteiger partial charge in [-0.15, -0.1) is 0 Å². The molecule has 1 aromatic rings. The molecule has 84 valence electrons. The number of Topliss-reactive ketones (excluding diaryl/α,β-unsaturated/α-hetero) is 1. The monoisotopic (exact) mass is 211 g/mol. The summed E-state index contributed by atoms with van der Waals surface area (Å²) in [5.41, 5.74) is 6.64. The number of hydrogen-bond acceptors (Lipinski definition) is 4. The largest absolute Gasteiger partial charge is 0.383 e. The summed E-state index contributed by atoms with van der Waals surface area (Å²) in [6, 6.07) is 1.39. The normalized spacial score (nSPS) is 12.7. The summed E-state index contributed by atoms with van der Waals surface area (Å²) in [7, 11) is 3.39. The van der Waals surface area contributed by atoms with Gasteiger partial charge in [0.15, 0.2) is 5.78 Å². The lowest BCUT2D eigenvalue weighted by Crippen LogP contribution is -2.35. The second kappa shape index (κ2) is 5.63. The van der Waals surface area contributed by atoms with Crippen LogP contribution in [0.2, 0.25) is 0 Å². The van der Waals surface area contributed by atoms with E-state index < -0.39 is 6.04 Å². The molecule has 1 aromatic heterocycles. The van der Waals surface area contributed by atoms with Gasteiger partial charge in [0.25, 0.3) is 0 Å². The Kier molecular flexibility index (Phi) is 4.45. The Morgan fingerprint density at radius 3 is 3.00 bits per heavy atom. The maximum absolute atomic E-state index is 11.5. The summed E-state index contributed by atoms with van der Waals surface area (Å²) >= 11 is 0. The van der Waals surface area contributed by atoms with Crippen LogP contribution in [0.15, 0.2) is 12.3 Å². The number of hydrogen-bond donors (Lipinski definition) is 1. The molecule has 5 nitrogen and oxygen atoms in total. The maximum Gasteiger partial charge on any atom is 0.152 e. The Morgan fingerprint density at radius 1 is 1.73 bits per heavy atom. The Morgan fingerprint density at radius 2 is 2.47 bits per heavy atom. The van der Waals surface area contributed by atoms with Crippen LogP contribution >= 0.6 is 0 Å². The van der Waals surface area contributed by atoms with E-state index in [0.29, 0.717) is 12.8 Å². The zero-order valence-electron chi connectivity index (χ0n) is 9.14. The van der Waals surface area contributed by atoms with Gasteiger partial charge in [-0.1, -0.05) is 0 Å². The number of nitrogens with zero attached hydrogens (tertiary/aromatic N) is 2. The van der Waals surface area contributed by atoms with E-state index in [1.807, 2.05) is 13.1 Å². The van der Waals surface area contributed by atoms with Crippen molar-refractivity contribution in [3.8, 4) is 0 Å². The summed E-state index contributed by atoms with van der Waals surface area (Å²) in [4.78, 5) is 11.5. The number of methoxy groups -OCH3 is 1. The van der Waals surface area contributed by atoms with Gasteiger partial charge in [0, 0.05) is 32.5 Å². The third-order valence-corrected chi connectivity index (χ3v) is 2.31. The zero-order valence-corrected chi connectivity index (χ0v) is 9.14. The highest BCUT2D eigenvalue weighted by Crippen LogP contribution is 2.02. The number of carbonyl (C=O) groups excluding carboxylic acids is 1. The van der Waals surface area contributed by atoms with Crippen LogP contribution in [0.5, 0.6) is 0 Å². The van der Waals surface area contributed by atoms with Crippen LogP contribution in [-0.4, -0.2) is 35.3 Å². The highest BCUT2D eigenvalue weighted by atomic mass is 16.5. The number of aryl methyl sites for hydroxylation is 2. The first kappa shape index (κ1) is 11.9. The fraction of sp³-hybridized carbons (Fsp3) is 0.600. The molecule has 0 radical (unpaired) electrons. The molecule has 0 fully saturated rings. The van der Waals surface area contributed by atoms with Crippen LogP contribution in [-0.2, 0) is 23.0 Å². The third kappa shape index (κ3) is 3.45. The highest BCUT2D eigenvalue weighted by molar-refractivity contribution is 5.84. The summed E-state index contributed by atoms with van der Waals surface area (Å²) < 4.78 is 6.58. The quantitative estimate of drug-likeness (QED) is 0.713. The minimum atomic E-state index is -0.511. The third-order valence-electron chi connectivity index (χ3n) is 2.31. The number of ketones is 1. The number of rotatable bonds is 6. The fourth-order valence-electron chi connectivity index (χ4n) is 1.36. The van der Waals surface area contributed by atoms with Crippen LogP contribution in [0.1, 0.15) is 12.1 Å².